The quantitative estimate of drug-likeness (QED) is 0.779. The first-order chi connectivity index (χ1) is 8.86. The Morgan fingerprint density at radius 2 is 1.74 bits per heavy atom. The summed E-state index contributed by atoms with van der Waals surface area (Å²) in [7, 11) is 0. The van der Waals surface area contributed by atoms with Gasteiger partial charge in [0.15, 0.2) is 0 Å². The van der Waals surface area contributed by atoms with Crippen molar-refractivity contribution in [3.63, 3.8) is 0 Å². The van der Waals surface area contributed by atoms with E-state index in [2.05, 4.69) is 5.32 Å². The van der Waals surface area contributed by atoms with Crippen LogP contribution in [0.5, 0.6) is 0 Å². The smallest absolute Gasteiger partial charge is 0.303 e. The van der Waals surface area contributed by atoms with Gasteiger partial charge in [0.1, 0.15) is 0 Å². The van der Waals surface area contributed by atoms with Gasteiger partial charge in [-0.15, -0.1) is 0 Å². The van der Waals surface area contributed by atoms with E-state index in [1.165, 1.54) is 6.42 Å². The van der Waals surface area contributed by atoms with Crippen molar-refractivity contribution in [3.8, 4) is 0 Å². The van der Waals surface area contributed by atoms with Crippen molar-refractivity contribution in [1.82, 2.24) is 5.32 Å². The third-order valence-electron chi connectivity index (χ3n) is 4.49. The van der Waals surface area contributed by atoms with Gasteiger partial charge in [0.05, 0.1) is 6.42 Å². The first-order valence-electron chi connectivity index (χ1n) is 7.36. The van der Waals surface area contributed by atoms with Crippen LogP contribution in [0.2, 0.25) is 0 Å². The Balaban J connectivity index is 2.58. The molecule has 1 unspecified atom stereocenters. The summed E-state index contributed by atoms with van der Waals surface area (Å²) >= 11 is 0. The number of nitrogens with one attached hydrogen (secondary N) is 1. The minimum atomic E-state index is -0.756. The van der Waals surface area contributed by atoms with Crippen molar-refractivity contribution in [2.24, 2.45) is 17.3 Å². The molecule has 0 aromatic carbocycles. The van der Waals surface area contributed by atoms with Crippen molar-refractivity contribution in [1.29, 1.82) is 0 Å². The minimum absolute atomic E-state index is 0.0227. The fraction of sp³-hybridized carbons (Fsp3) is 0.867. The summed E-state index contributed by atoms with van der Waals surface area (Å²) in [6, 6.07) is 0. The van der Waals surface area contributed by atoms with Crippen LogP contribution in [0.1, 0.15) is 59.3 Å². The van der Waals surface area contributed by atoms with Crippen molar-refractivity contribution >= 4 is 11.9 Å². The van der Waals surface area contributed by atoms with Gasteiger partial charge >= 0.3 is 5.97 Å². The maximum atomic E-state index is 12.0. The molecule has 0 aliphatic heterocycles. The van der Waals surface area contributed by atoms with Gasteiger partial charge in [-0.2, -0.15) is 0 Å². The number of carbonyl (C=O) groups excluding carboxylic acids is 1. The van der Waals surface area contributed by atoms with Crippen LogP contribution >= 0.6 is 0 Å². The summed E-state index contributed by atoms with van der Waals surface area (Å²) in [5.41, 5.74) is -0.226. The summed E-state index contributed by atoms with van der Waals surface area (Å²) in [5.74, 6) is -0.425. The normalized spacial score (nSPS) is 20.0. The lowest BCUT2D eigenvalue weighted by atomic mass is 9.71. The number of carboxylic acid groups (broad SMARTS) is 1. The highest BCUT2D eigenvalue weighted by Gasteiger charge is 2.35. The number of carboxylic acids is 1. The summed E-state index contributed by atoms with van der Waals surface area (Å²) in [5, 5.41) is 12.1. The zero-order valence-corrected chi connectivity index (χ0v) is 12.4. The van der Waals surface area contributed by atoms with E-state index in [1.54, 1.807) is 0 Å². The standard InChI is InChI=1S/C15H27NO3/c1-11(2)12(3)14(19)16-10-15(9-13(17)18)7-5-4-6-8-15/h11-12H,4-10H2,1-3H3,(H,16,19)(H,17,18). The van der Waals surface area contributed by atoms with E-state index in [-0.39, 0.29) is 23.7 Å². The topological polar surface area (TPSA) is 66.4 Å². The molecule has 0 radical (unpaired) electrons. The molecule has 2 N–H and O–H groups in total. The Hall–Kier alpha value is -1.06. The predicted molar refractivity (Wildman–Crippen MR) is 74.8 cm³/mol. The second kappa shape index (κ2) is 6.92. The van der Waals surface area contributed by atoms with Gasteiger partial charge in [0.2, 0.25) is 5.91 Å². The largest absolute Gasteiger partial charge is 0.481 e. The Morgan fingerprint density at radius 1 is 1.16 bits per heavy atom. The summed E-state index contributed by atoms with van der Waals surface area (Å²) in [6.45, 7) is 6.48. The maximum absolute atomic E-state index is 12.0. The molecule has 1 rings (SSSR count). The summed E-state index contributed by atoms with van der Waals surface area (Å²) in [4.78, 5) is 23.0. The number of carbonyl (C=O) groups is 2. The molecule has 19 heavy (non-hydrogen) atoms. The van der Waals surface area contributed by atoms with Gasteiger partial charge in [0, 0.05) is 12.5 Å². The minimum Gasteiger partial charge on any atom is -0.481 e. The Labute approximate surface area is 116 Å². The highest BCUT2D eigenvalue weighted by molar-refractivity contribution is 5.78. The lowest BCUT2D eigenvalue weighted by molar-refractivity contribution is -0.141. The third kappa shape index (κ3) is 4.84. The van der Waals surface area contributed by atoms with Crippen LogP contribution in [0.25, 0.3) is 0 Å². The first-order valence-corrected chi connectivity index (χ1v) is 7.36. The third-order valence-corrected chi connectivity index (χ3v) is 4.49. The number of rotatable bonds is 6. The van der Waals surface area contributed by atoms with Crippen molar-refractivity contribution in [2.45, 2.75) is 59.3 Å². The van der Waals surface area contributed by atoms with Gasteiger partial charge in [-0.05, 0) is 24.2 Å². The lowest BCUT2D eigenvalue weighted by Crippen LogP contribution is -2.42. The second-order valence-electron chi connectivity index (χ2n) is 6.38. The molecular formula is C15H27NO3. The van der Waals surface area contributed by atoms with Gasteiger partial charge < -0.3 is 10.4 Å². The van der Waals surface area contributed by atoms with E-state index in [1.807, 2.05) is 20.8 Å². The van der Waals surface area contributed by atoms with Crippen LogP contribution in [0.4, 0.5) is 0 Å². The molecule has 1 aliphatic carbocycles. The number of hydrogen-bond donors (Lipinski definition) is 2. The van der Waals surface area contributed by atoms with Crippen LogP contribution in [-0.4, -0.2) is 23.5 Å². The summed E-state index contributed by atoms with van der Waals surface area (Å²) < 4.78 is 0. The molecule has 110 valence electrons. The molecule has 0 saturated heterocycles. The van der Waals surface area contributed by atoms with E-state index in [9.17, 15) is 9.59 Å². The van der Waals surface area contributed by atoms with E-state index in [0.717, 1.165) is 25.7 Å². The van der Waals surface area contributed by atoms with Crippen LogP contribution in [-0.2, 0) is 9.59 Å². The molecule has 0 aromatic heterocycles. The molecule has 1 fully saturated rings. The number of amides is 1. The van der Waals surface area contributed by atoms with Gasteiger partial charge in [-0.25, -0.2) is 0 Å². The predicted octanol–water partition coefficient (Wildman–Crippen LogP) is 2.82. The molecule has 0 spiro atoms. The van der Waals surface area contributed by atoms with Crippen molar-refractivity contribution in [2.75, 3.05) is 6.54 Å². The molecule has 1 atom stereocenters. The highest BCUT2D eigenvalue weighted by atomic mass is 16.4. The van der Waals surface area contributed by atoms with Crippen molar-refractivity contribution < 1.29 is 14.7 Å². The van der Waals surface area contributed by atoms with Crippen LogP contribution < -0.4 is 5.32 Å². The van der Waals surface area contributed by atoms with Gasteiger partial charge in [0.25, 0.3) is 0 Å². The first kappa shape index (κ1) is 16.0. The Kier molecular flexibility index (Phi) is 5.83. The highest BCUT2D eigenvalue weighted by Crippen LogP contribution is 2.38. The molecule has 4 heteroatoms. The summed E-state index contributed by atoms with van der Waals surface area (Å²) in [6.07, 6.45) is 5.32. The molecule has 0 bridgehead atoms. The Morgan fingerprint density at radius 3 is 2.21 bits per heavy atom. The van der Waals surface area contributed by atoms with Crippen LogP contribution in [0.15, 0.2) is 0 Å². The van der Waals surface area contributed by atoms with Gasteiger partial charge in [-0.1, -0.05) is 40.0 Å². The van der Waals surface area contributed by atoms with E-state index in [4.69, 9.17) is 5.11 Å². The zero-order chi connectivity index (χ0) is 14.5. The molecule has 1 aliphatic rings. The van der Waals surface area contributed by atoms with Gasteiger partial charge in [-0.3, -0.25) is 9.59 Å². The number of aliphatic carboxylic acids is 1. The van der Waals surface area contributed by atoms with Crippen molar-refractivity contribution in [3.05, 3.63) is 0 Å². The lowest BCUT2D eigenvalue weighted by Gasteiger charge is -2.36. The zero-order valence-electron chi connectivity index (χ0n) is 12.4. The van der Waals surface area contributed by atoms with E-state index in [0.29, 0.717) is 12.5 Å². The van der Waals surface area contributed by atoms with E-state index >= 15 is 0 Å². The maximum Gasteiger partial charge on any atom is 0.303 e. The fourth-order valence-electron chi connectivity index (χ4n) is 2.78. The average Bonchev–Trinajstić information content (AvgIpc) is 2.35. The molecule has 0 aromatic rings. The molecule has 1 amide bonds. The molecule has 1 saturated carbocycles. The second-order valence-corrected chi connectivity index (χ2v) is 6.38. The fourth-order valence-corrected chi connectivity index (χ4v) is 2.78. The number of hydrogen-bond acceptors (Lipinski definition) is 2. The Bertz CT molecular complexity index is 319. The molecule has 4 nitrogen and oxygen atoms in total. The van der Waals surface area contributed by atoms with E-state index < -0.39 is 5.97 Å². The molecule has 0 heterocycles. The average molecular weight is 269 g/mol. The molecular weight excluding hydrogens is 242 g/mol. The SMILES string of the molecule is CC(C)C(C)C(=O)NCC1(CC(=O)O)CCCCC1. The van der Waals surface area contributed by atoms with Crippen LogP contribution in [0.3, 0.4) is 0 Å². The monoisotopic (exact) mass is 269 g/mol. The van der Waals surface area contributed by atoms with Crippen LogP contribution in [0, 0.1) is 17.3 Å².